The van der Waals surface area contributed by atoms with Crippen LogP contribution in [-0.4, -0.2) is 23.1 Å². The Hall–Kier alpha value is -1.87. The molecule has 0 spiro atoms. The molecule has 0 saturated heterocycles. The molecular formula is C13H22N6. The minimum absolute atomic E-state index is 0.473. The lowest BCUT2D eigenvalue weighted by Gasteiger charge is -2.27. The fourth-order valence-electron chi connectivity index (χ4n) is 1.97. The Bertz CT molecular complexity index is 463. The van der Waals surface area contributed by atoms with Gasteiger partial charge in [-0.1, -0.05) is 13.8 Å². The molecule has 1 heterocycles. The molecule has 6 heteroatoms. The molecule has 3 N–H and O–H groups in total. The zero-order valence-electron chi connectivity index (χ0n) is 12.1. The number of hydrogen-bond acceptors (Lipinski definition) is 6. The minimum Gasteiger partial charge on any atom is -0.355 e. The van der Waals surface area contributed by atoms with Gasteiger partial charge in [-0.25, -0.2) is 15.8 Å². The number of anilines is 2. The molecule has 6 nitrogen and oxygen atoms in total. The first kappa shape index (κ1) is 15.2. The largest absolute Gasteiger partial charge is 0.355 e. The minimum atomic E-state index is 0.473. The molecule has 0 unspecified atom stereocenters. The number of nitrogens with zero attached hydrogens (tertiary/aromatic N) is 4. The fraction of sp³-hybridized carbons (Fsp3) is 0.615. The van der Waals surface area contributed by atoms with Gasteiger partial charge in [0.15, 0.2) is 0 Å². The van der Waals surface area contributed by atoms with E-state index in [4.69, 9.17) is 11.1 Å². The van der Waals surface area contributed by atoms with E-state index in [0.29, 0.717) is 30.5 Å². The van der Waals surface area contributed by atoms with Gasteiger partial charge in [-0.15, -0.1) is 0 Å². The van der Waals surface area contributed by atoms with Gasteiger partial charge >= 0.3 is 0 Å². The van der Waals surface area contributed by atoms with E-state index in [2.05, 4.69) is 40.2 Å². The predicted octanol–water partition coefficient (Wildman–Crippen LogP) is 1.76. The highest BCUT2D eigenvalue weighted by atomic mass is 15.3. The van der Waals surface area contributed by atoms with Crippen LogP contribution in [0.4, 0.5) is 11.6 Å². The Labute approximate surface area is 114 Å². The molecule has 0 aliphatic carbocycles. The molecule has 1 aromatic rings. The van der Waals surface area contributed by atoms with Crippen LogP contribution in [0.2, 0.25) is 0 Å². The number of rotatable bonds is 6. The van der Waals surface area contributed by atoms with Crippen LogP contribution in [0.5, 0.6) is 0 Å². The molecule has 104 valence electrons. The molecule has 0 aliphatic rings. The Morgan fingerprint density at radius 1 is 1.37 bits per heavy atom. The summed E-state index contributed by atoms with van der Waals surface area (Å²) in [4.78, 5) is 10.9. The topological polar surface area (TPSA) is 90.9 Å². The summed E-state index contributed by atoms with van der Waals surface area (Å²) in [5.41, 5.74) is 3.51. The van der Waals surface area contributed by atoms with Crippen LogP contribution in [0.25, 0.3) is 0 Å². The van der Waals surface area contributed by atoms with Gasteiger partial charge in [-0.2, -0.15) is 5.26 Å². The first-order valence-electron chi connectivity index (χ1n) is 6.43. The van der Waals surface area contributed by atoms with Gasteiger partial charge in [0.1, 0.15) is 17.5 Å². The van der Waals surface area contributed by atoms with E-state index in [-0.39, 0.29) is 0 Å². The quantitative estimate of drug-likeness (QED) is 0.599. The van der Waals surface area contributed by atoms with Crippen molar-refractivity contribution >= 4 is 11.6 Å². The van der Waals surface area contributed by atoms with Crippen molar-refractivity contribution in [3.8, 4) is 6.07 Å². The highest BCUT2D eigenvalue weighted by Gasteiger charge is 2.16. The number of hydrazine groups is 1. The summed E-state index contributed by atoms with van der Waals surface area (Å²) in [5.74, 6) is 8.12. The molecule has 0 aromatic carbocycles. The predicted molar refractivity (Wildman–Crippen MR) is 76.6 cm³/mol. The molecule has 0 amide bonds. The van der Waals surface area contributed by atoms with E-state index in [1.165, 1.54) is 0 Å². The average Bonchev–Trinajstić information content (AvgIpc) is 2.36. The Morgan fingerprint density at radius 2 is 2.05 bits per heavy atom. The van der Waals surface area contributed by atoms with E-state index in [0.717, 1.165) is 17.9 Å². The van der Waals surface area contributed by atoms with Crippen molar-refractivity contribution in [1.29, 1.82) is 5.26 Å². The van der Waals surface area contributed by atoms with Gasteiger partial charge in [0.25, 0.3) is 0 Å². The standard InChI is InChI=1S/C13H22N6/c1-9(2)8-19(7-5-6-14)13-10(3)12(18-15)16-11(4)17-13/h9H,5,7-8,15H2,1-4H3,(H,16,17,18). The second-order valence-corrected chi connectivity index (χ2v) is 4.96. The second kappa shape index (κ2) is 6.90. The number of nitrogens with two attached hydrogens (primary N) is 1. The molecule has 0 bridgehead atoms. The number of hydrogen-bond donors (Lipinski definition) is 2. The molecule has 0 aliphatic heterocycles. The number of nitrogen functional groups attached to an aromatic ring is 1. The zero-order valence-corrected chi connectivity index (χ0v) is 12.1. The molecule has 1 rings (SSSR count). The van der Waals surface area contributed by atoms with Crippen LogP contribution in [0, 0.1) is 31.1 Å². The lowest BCUT2D eigenvalue weighted by Crippen LogP contribution is -2.31. The maximum absolute atomic E-state index is 8.78. The molecule has 1 aromatic heterocycles. The summed E-state index contributed by atoms with van der Waals surface area (Å²) in [6.45, 7) is 9.57. The van der Waals surface area contributed by atoms with Crippen molar-refractivity contribution in [3.05, 3.63) is 11.4 Å². The van der Waals surface area contributed by atoms with Crippen molar-refractivity contribution in [2.24, 2.45) is 11.8 Å². The molecular weight excluding hydrogens is 240 g/mol. The van der Waals surface area contributed by atoms with Crippen molar-refractivity contribution in [1.82, 2.24) is 9.97 Å². The summed E-state index contributed by atoms with van der Waals surface area (Å²) in [7, 11) is 0. The number of aromatic nitrogens is 2. The van der Waals surface area contributed by atoms with Gasteiger partial charge < -0.3 is 10.3 Å². The van der Waals surface area contributed by atoms with E-state index >= 15 is 0 Å². The number of nitriles is 1. The van der Waals surface area contributed by atoms with Crippen LogP contribution in [0.1, 0.15) is 31.7 Å². The highest BCUT2D eigenvalue weighted by molar-refractivity contribution is 5.58. The number of aryl methyl sites for hydroxylation is 1. The van der Waals surface area contributed by atoms with Crippen LogP contribution >= 0.6 is 0 Å². The Balaban J connectivity index is 3.13. The summed E-state index contributed by atoms with van der Waals surface area (Å²) < 4.78 is 0. The fourth-order valence-corrected chi connectivity index (χ4v) is 1.97. The summed E-state index contributed by atoms with van der Waals surface area (Å²) in [6.07, 6.45) is 0.473. The summed E-state index contributed by atoms with van der Waals surface area (Å²) in [6, 6.07) is 2.18. The highest BCUT2D eigenvalue weighted by Crippen LogP contribution is 2.23. The number of nitrogens with one attached hydrogen (secondary N) is 1. The Kier molecular flexibility index (Phi) is 5.52. The van der Waals surface area contributed by atoms with Gasteiger partial charge in [-0.05, 0) is 19.8 Å². The second-order valence-electron chi connectivity index (χ2n) is 4.96. The van der Waals surface area contributed by atoms with Gasteiger partial charge in [-0.3, -0.25) is 0 Å². The third-order valence-electron chi connectivity index (χ3n) is 2.75. The van der Waals surface area contributed by atoms with Crippen molar-refractivity contribution in [3.63, 3.8) is 0 Å². The van der Waals surface area contributed by atoms with Gasteiger partial charge in [0.2, 0.25) is 0 Å². The third kappa shape index (κ3) is 4.07. The molecule has 0 radical (unpaired) electrons. The first-order chi connectivity index (χ1) is 8.99. The van der Waals surface area contributed by atoms with E-state index in [9.17, 15) is 0 Å². The third-order valence-corrected chi connectivity index (χ3v) is 2.75. The maximum atomic E-state index is 8.78. The van der Waals surface area contributed by atoms with Crippen LogP contribution in [0.3, 0.4) is 0 Å². The summed E-state index contributed by atoms with van der Waals surface area (Å²) >= 11 is 0. The van der Waals surface area contributed by atoms with Crippen molar-refractivity contribution in [2.45, 2.75) is 34.1 Å². The lowest BCUT2D eigenvalue weighted by molar-refractivity contribution is 0.605. The van der Waals surface area contributed by atoms with Crippen LogP contribution < -0.4 is 16.2 Å². The van der Waals surface area contributed by atoms with Gasteiger partial charge in [0, 0.05) is 18.7 Å². The summed E-state index contributed by atoms with van der Waals surface area (Å²) in [5, 5.41) is 8.78. The molecule has 19 heavy (non-hydrogen) atoms. The Morgan fingerprint density at radius 3 is 2.58 bits per heavy atom. The van der Waals surface area contributed by atoms with Crippen LogP contribution in [0.15, 0.2) is 0 Å². The van der Waals surface area contributed by atoms with E-state index in [1.807, 2.05) is 13.8 Å². The van der Waals surface area contributed by atoms with E-state index in [1.54, 1.807) is 0 Å². The van der Waals surface area contributed by atoms with Crippen molar-refractivity contribution < 1.29 is 0 Å². The normalized spacial score (nSPS) is 10.4. The lowest BCUT2D eigenvalue weighted by atomic mass is 10.2. The maximum Gasteiger partial charge on any atom is 0.148 e. The molecule has 0 fully saturated rings. The smallest absolute Gasteiger partial charge is 0.148 e. The molecule has 0 saturated carbocycles. The zero-order chi connectivity index (χ0) is 14.4. The SMILES string of the molecule is Cc1nc(NN)c(C)c(N(CCC#N)CC(C)C)n1. The van der Waals surface area contributed by atoms with E-state index < -0.39 is 0 Å². The van der Waals surface area contributed by atoms with Crippen molar-refractivity contribution in [2.75, 3.05) is 23.4 Å². The first-order valence-corrected chi connectivity index (χ1v) is 6.43. The monoisotopic (exact) mass is 262 g/mol. The molecule has 0 atom stereocenters. The van der Waals surface area contributed by atoms with Gasteiger partial charge in [0.05, 0.1) is 12.5 Å². The van der Waals surface area contributed by atoms with Crippen LogP contribution in [-0.2, 0) is 0 Å². The average molecular weight is 262 g/mol.